The second-order valence-corrected chi connectivity index (χ2v) is 8.13. The Balaban J connectivity index is 1.75. The van der Waals surface area contributed by atoms with Crippen LogP contribution >= 0.6 is 0 Å². The molecule has 5 aromatic rings. The maximum absolute atomic E-state index is 13.1. The predicted octanol–water partition coefficient (Wildman–Crippen LogP) is 4.88. The van der Waals surface area contributed by atoms with E-state index in [9.17, 15) is 13.9 Å². The Morgan fingerprint density at radius 3 is 2.44 bits per heavy atom. The molecule has 0 spiro atoms. The molecule has 7 nitrogen and oxygen atoms in total. The van der Waals surface area contributed by atoms with Crippen molar-refractivity contribution in [3.63, 3.8) is 0 Å². The number of fused-ring (bicyclic) bond motifs is 1. The third-order valence-electron chi connectivity index (χ3n) is 5.66. The minimum Gasteiger partial charge on any atom is -0.389 e. The van der Waals surface area contributed by atoms with E-state index in [1.54, 1.807) is 24.0 Å². The summed E-state index contributed by atoms with van der Waals surface area (Å²) in [4.78, 5) is 8.96. The standard InChI is InChI=1S/C25H22F2N6O/c1-15(34)18-8-20-22(9-19(18)17-10-30-32(2)11-17)28-14-29-25(20)21-12-33(13-23(26)27)31-24(21)16-6-4-3-5-7-16/h3-12,14-15,23,34H,13H2,1-2H3/t15-/m1/s1. The van der Waals surface area contributed by atoms with Gasteiger partial charge in [-0.25, -0.2) is 18.7 Å². The lowest BCUT2D eigenvalue weighted by molar-refractivity contribution is 0.122. The molecular formula is C25H22F2N6O. The zero-order chi connectivity index (χ0) is 23.8. The SMILES string of the molecule is C[C@@H](O)c1cc2c(-c3cn(CC(F)F)nc3-c3ccccc3)ncnc2cc1-c1cnn(C)c1. The van der Waals surface area contributed by atoms with Crippen LogP contribution in [0.5, 0.6) is 0 Å². The van der Waals surface area contributed by atoms with Crippen molar-refractivity contribution in [2.24, 2.45) is 7.05 Å². The van der Waals surface area contributed by atoms with Gasteiger partial charge in [-0.2, -0.15) is 10.2 Å². The molecule has 2 aromatic carbocycles. The number of nitrogens with zero attached hydrogens (tertiary/aromatic N) is 6. The summed E-state index contributed by atoms with van der Waals surface area (Å²) < 4.78 is 29.2. The highest BCUT2D eigenvalue weighted by molar-refractivity contribution is 5.98. The Morgan fingerprint density at radius 2 is 1.76 bits per heavy atom. The summed E-state index contributed by atoms with van der Waals surface area (Å²) in [6.45, 7) is 1.17. The lowest BCUT2D eigenvalue weighted by Gasteiger charge is -2.14. The van der Waals surface area contributed by atoms with Gasteiger partial charge in [-0.05, 0) is 30.2 Å². The van der Waals surface area contributed by atoms with Crippen molar-refractivity contribution >= 4 is 10.9 Å². The van der Waals surface area contributed by atoms with E-state index < -0.39 is 19.1 Å². The predicted molar refractivity (Wildman–Crippen MR) is 125 cm³/mol. The molecule has 0 unspecified atom stereocenters. The third-order valence-corrected chi connectivity index (χ3v) is 5.66. The van der Waals surface area contributed by atoms with Gasteiger partial charge in [0.05, 0.1) is 23.5 Å². The fraction of sp³-hybridized carbons (Fsp3) is 0.200. The van der Waals surface area contributed by atoms with Gasteiger partial charge in [-0.3, -0.25) is 9.36 Å². The second-order valence-electron chi connectivity index (χ2n) is 8.13. The number of hydrogen-bond acceptors (Lipinski definition) is 5. The molecule has 0 amide bonds. The minimum absolute atomic E-state index is 0.521. The number of rotatable bonds is 6. The zero-order valence-corrected chi connectivity index (χ0v) is 18.6. The third kappa shape index (κ3) is 4.06. The Labute approximate surface area is 194 Å². The molecular weight excluding hydrogens is 438 g/mol. The number of aryl methyl sites for hydroxylation is 1. The van der Waals surface area contributed by atoms with Gasteiger partial charge in [0, 0.05) is 41.5 Å². The van der Waals surface area contributed by atoms with Crippen LogP contribution in [0.4, 0.5) is 8.78 Å². The quantitative estimate of drug-likeness (QED) is 0.391. The Bertz CT molecular complexity index is 1460. The largest absolute Gasteiger partial charge is 0.389 e. The van der Waals surface area contributed by atoms with Crippen molar-refractivity contribution < 1.29 is 13.9 Å². The van der Waals surface area contributed by atoms with Crippen molar-refractivity contribution in [3.8, 4) is 33.6 Å². The van der Waals surface area contributed by atoms with Gasteiger partial charge in [0.15, 0.2) is 0 Å². The molecule has 5 rings (SSSR count). The van der Waals surface area contributed by atoms with Crippen LogP contribution in [0.15, 0.2) is 67.4 Å². The van der Waals surface area contributed by atoms with Crippen LogP contribution in [0.3, 0.4) is 0 Å². The van der Waals surface area contributed by atoms with Crippen LogP contribution in [0, 0.1) is 0 Å². The summed E-state index contributed by atoms with van der Waals surface area (Å²) in [5.41, 5.74) is 5.55. The topological polar surface area (TPSA) is 81.7 Å². The molecule has 0 saturated heterocycles. The summed E-state index contributed by atoms with van der Waals surface area (Å²) in [5, 5.41) is 19.9. The first-order chi connectivity index (χ1) is 16.4. The molecule has 3 aromatic heterocycles. The summed E-state index contributed by atoms with van der Waals surface area (Å²) >= 11 is 0. The molecule has 1 atom stereocenters. The van der Waals surface area contributed by atoms with Crippen LogP contribution in [0.1, 0.15) is 18.6 Å². The lowest BCUT2D eigenvalue weighted by atomic mass is 9.94. The molecule has 0 saturated carbocycles. The molecule has 3 heterocycles. The van der Waals surface area contributed by atoms with E-state index in [4.69, 9.17) is 0 Å². The zero-order valence-electron chi connectivity index (χ0n) is 18.6. The van der Waals surface area contributed by atoms with Gasteiger partial charge in [-0.15, -0.1) is 0 Å². The van der Waals surface area contributed by atoms with E-state index in [0.717, 1.165) is 16.7 Å². The average molecular weight is 460 g/mol. The fourth-order valence-corrected chi connectivity index (χ4v) is 4.13. The first kappa shape index (κ1) is 21.8. The summed E-state index contributed by atoms with van der Waals surface area (Å²) in [7, 11) is 1.83. The van der Waals surface area contributed by atoms with Gasteiger partial charge >= 0.3 is 0 Å². The second kappa shape index (κ2) is 8.75. The maximum atomic E-state index is 13.1. The van der Waals surface area contributed by atoms with Crippen LogP contribution in [0.2, 0.25) is 0 Å². The molecule has 0 aliphatic rings. The number of aromatic nitrogens is 6. The summed E-state index contributed by atoms with van der Waals surface area (Å²) in [6.07, 6.45) is 3.35. The lowest BCUT2D eigenvalue weighted by Crippen LogP contribution is -2.06. The van der Waals surface area contributed by atoms with E-state index in [-0.39, 0.29) is 0 Å². The molecule has 0 radical (unpaired) electrons. The first-order valence-electron chi connectivity index (χ1n) is 10.8. The summed E-state index contributed by atoms with van der Waals surface area (Å²) in [6, 6.07) is 13.1. The van der Waals surface area contributed by atoms with Gasteiger partial charge in [0.2, 0.25) is 0 Å². The van der Waals surface area contributed by atoms with E-state index in [1.807, 2.05) is 55.7 Å². The average Bonchev–Trinajstić information content (AvgIpc) is 3.44. The van der Waals surface area contributed by atoms with Crippen LogP contribution in [0.25, 0.3) is 44.5 Å². The Hall–Kier alpha value is -3.98. The molecule has 1 N–H and O–H groups in total. The molecule has 0 bridgehead atoms. The van der Waals surface area contributed by atoms with Crippen molar-refractivity contribution in [2.75, 3.05) is 0 Å². The number of halogens is 2. The number of hydrogen-bond donors (Lipinski definition) is 1. The fourth-order valence-electron chi connectivity index (χ4n) is 4.13. The number of alkyl halides is 2. The highest BCUT2D eigenvalue weighted by Gasteiger charge is 2.21. The number of aliphatic hydroxyl groups is 1. The normalized spacial score (nSPS) is 12.5. The van der Waals surface area contributed by atoms with Gasteiger partial charge in [0.1, 0.15) is 18.6 Å². The van der Waals surface area contributed by atoms with Crippen LogP contribution in [-0.2, 0) is 13.6 Å². The van der Waals surface area contributed by atoms with Crippen LogP contribution in [-0.4, -0.2) is 41.1 Å². The smallest absolute Gasteiger partial charge is 0.257 e. The highest BCUT2D eigenvalue weighted by Crippen LogP contribution is 2.37. The van der Waals surface area contributed by atoms with Crippen molar-refractivity contribution in [2.45, 2.75) is 26.0 Å². The maximum Gasteiger partial charge on any atom is 0.257 e. The van der Waals surface area contributed by atoms with E-state index >= 15 is 0 Å². The molecule has 0 fully saturated rings. The van der Waals surface area contributed by atoms with Crippen molar-refractivity contribution in [3.05, 3.63) is 72.9 Å². The number of aliphatic hydroxyl groups excluding tert-OH is 1. The van der Waals surface area contributed by atoms with E-state index in [1.165, 1.54) is 11.0 Å². The first-order valence-corrected chi connectivity index (χ1v) is 10.8. The van der Waals surface area contributed by atoms with Crippen LogP contribution < -0.4 is 0 Å². The molecule has 172 valence electrons. The van der Waals surface area contributed by atoms with E-state index in [2.05, 4.69) is 20.2 Å². The minimum atomic E-state index is -2.54. The molecule has 9 heteroatoms. The van der Waals surface area contributed by atoms with Gasteiger partial charge < -0.3 is 5.11 Å². The molecule has 0 aliphatic heterocycles. The van der Waals surface area contributed by atoms with Crippen molar-refractivity contribution in [1.29, 1.82) is 0 Å². The summed E-state index contributed by atoms with van der Waals surface area (Å²) in [5.74, 6) is 0. The monoisotopic (exact) mass is 460 g/mol. The molecule has 34 heavy (non-hydrogen) atoms. The van der Waals surface area contributed by atoms with Gasteiger partial charge in [-0.1, -0.05) is 30.3 Å². The molecule has 0 aliphatic carbocycles. The Morgan fingerprint density at radius 1 is 0.971 bits per heavy atom. The van der Waals surface area contributed by atoms with Crippen molar-refractivity contribution in [1.82, 2.24) is 29.5 Å². The Kier molecular flexibility index (Phi) is 5.62. The number of benzene rings is 2. The van der Waals surface area contributed by atoms with E-state index in [0.29, 0.717) is 33.4 Å². The van der Waals surface area contributed by atoms with Gasteiger partial charge in [0.25, 0.3) is 6.43 Å². The highest BCUT2D eigenvalue weighted by atomic mass is 19.3.